The van der Waals surface area contributed by atoms with Crippen LogP contribution < -0.4 is 10.6 Å². The number of hydrogen-bond donors (Lipinski definition) is 3. The molecule has 1 unspecified atom stereocenters. The molecule has 0 saturated heterocycles. The van der Waals surface area contributed by atoms with Gasteiger partial charge in [0, 0.05) is 20.1 Å². The van der Waals surface area contributed by atoms with Gasteiger partial charge in [-0.25, -0.2) is 0 Å². The van der Waals surface area contributed by atoms with Gasteiger partial charge in [-0.15, -0.1) is 0 Å². The van der Waals surface area contributed by atoms with Gasteiger partial charge in [0.15, 0.2) is 6.17 Å². The standard InChI is InChI=1S/C14H23F3N4O3/c1-3-4-5-6-21(9-23)11-10(12(24)20(2)7-8-22)18-13(19-11)14(15,16)17/h9,13,18-19,22H,3-8H2,1-2H3. The number of halogens is 3. The van der Waals surface area contributed by atoms with E-state index in [1.807, 2.05) is 6.92 Å². The number of aliphatic hydroxyl groups excluding tert-OH is 1. The SMILES string of the molecule is CCCCCN(C=O)C1=C(C(=O)N(C)CCO)NC(C(F)(F)F)N1. The summed E-state index contributed by atoms with van der Waals surface area (Å²) in [6.07, 6.45) is -4.10. The first kappa shape index (κ1) is 20.1. The smallest absolute Gasteiger partial charge is 0.395 e. The predicted molar refractivity (Wildman–Crippen MR) is 80.2 cm³/mol. The second kappa shape index (κ2) is 8.76. The van der Waals surface area contributed by atoms with Crippen molar-refractivity contribution in [2.45, 2.75) is 38.5 Å². The van der Waals surface area contributed by atoms with Crippen LogP contribution in [0.2, 0.25) is 0 Å². The molecule has 0 fully saturated rings. The first-order valence-corrected chi connectivity index (χ1v) is 7.68. The van der Waals surface area contributed by atoms with Crippen molar-refractivity contribution in [1.82, 2.24) is 20.4 Å². The Hall–Kier alpha value is -1.97. The van der Waals surface area contributed by atoms with E-state index in [0.29, 0.717) is 12.8 Å². The molecule has 1 rings (SSSR count). The Kier molecular flexibility index (Phi) is 7.33. The molecule has 3 N–H and O–H groups in total. The number of aliphatic hydroxyl groups is 1. The molecular formula is C14H23F3N4O3. The molecule has 1 atom stereocenters. The Balaban J connectivity index is 3.05. The zero-order valence-electron chi connectivity index (χ0n) is 13.7. The summed E-state index contributed by atoms with van der Waals surface area (Å²) in [6, 6.07) is 0. The molecule has 1 aliphatic heterocycles. The average molecular weight is 352 g/mol. The van der Waals surface area contributed by atoms with Crippen molar-refractivity contribution in [2.75, 3.05) is 26.7 Å². The minimum atomic E-state index is -4.64. The summed E-state index contributed by atoms with van der Waals surface area (Å²) in [7, 11) is 1.36. The monoisotopic (exact) mass is 352 g/mol. The fourth-order valence-electron chi connectivity index (χ4n) is 2.20. The second-order valence-electron chi connectivity index (χ2n) is 5.44. The maximum atomic E-state index is 13.0. The highest BCUT2D eigenvalue weighted by molar-refractivity contribution is 5.94. The van der Waals surface area contributed by atoms with Gasteiger partial charge in [-0.2, -0.15) is 13.2 Å². The second-order valence-corrected chi connectivity index (χ2v) is 5.44. The zero-order chi connectivity index (χ0) is 18.3. The summed E-state index contributed by atoms with van der Waals surface area (Å²) in [5.41, 5.74) is -0.336. The van der Waals surface area contributed by atoms with Gasteiger partial charge in [0.25, 0.3) is 5.91 Å². The topological polar surface area (TPSA) is 84.9 Å². The molecule has 0 aliphatic carbocycles. The van der Waals surface area contributed by atoms with E-state index >= 15 is 0 Å². The van der Waals surface area contributed by atoms with E-state index in [0.717, 1.165) is 22.6 Å². The number of unbranched alkanes of at least 4 members (excludes halogenated alkanes) is 2. The highest BCUT2D eigenvalue weighted by atomic mass is 19.4. The van der Waals surface area contributed by atoms with E-state index in [-0.39, 0.29) is 31.2 Å². The van der Waals surface area contributed by atoms with Crippen LogP contribution >= 0.6 is 0 Å². The fraction of sp³-hybridized carbons (Fsp3) is 0.714. The molecule has 7 nitrogen and oxygen atoms in total. The maximum Gasteiger partial charge on any atom is 0.427 e. The molecule has 0 bridgehead atoms. The van der Waals surface area contributed by atoms with Crippen LogP contribution in [0.1, 0.15) is 26.2 Å². The summed E-state index contributed by atoms with van der Waals surface area (Å²) < 4.78 is 38.9. The number of nitrogens with one attached hydrogen (secondary N) is 2. The number of rotatable bonds is 9. The van der Waals surface area contributed by atoms with Crippen molar-refractivity contribution in [3.05, 3.63) is 11.5 Å². The number of alkyl halides is 3. The molecule has 10 heteroatoms. The van der Waals surface area contributed by atoms with Crippen molar-refractivity contribution in [2.24, 2.45) is 0 Å². The number of amides is 2. The highest BCUT2D eigenvalue weighted by Crippen LogP contribution is 2.26. The molecular weight excluding hydrogens is 329 g/mol. The van der Waals surface area contributed by atoms with Crippen LogP contribution in [0.3, 0.4) is 0 Å². The van der Waals surface area contributed by atoms with Gasteiger partial charge in [-0.3, -0.25) is 14.5 Å². The minimum Gasteiger partial charge on any atom is -0.395 e. The van der Waals surface area contributed by atoms with E-state index in [9.17, 15) is 22.8 Å². The van der Waals surface area contributed by atoms with E-state index < -0.39 is 18.2 Å². The van der Waals surface area contributed by atoms with Crippen LogP contribution in [-0.2, 0) is 9.59 Å². The predicted octanol–water partition coefficient (Wildman–Crippen LogP) is 0.336. The summed E-state index contributed by atoms with van der Waals surface area (Å²) in [6.45, 7) is 1.80. The number of nitrogens with zero attached hydrogens (tertiary/aromatic N) is 2. The van der Waals surface area contributed by atoms with Crippen molar-refractivity contribution in [1.29, 1.82) is 0 Å². The lowest BCUT2D eigenvalue weighted by atomic mass is 10.2. The van der Waals surface area contributed by atoms with Gasteiger partial charge >= 0.3 is 6.18 Å². The quantitative estimate of drug-likeness (QED) is 0.412. The summed E-state index contributed by atoms with van der Waals surface area (Å²) >= 11 is 0. The van der Waals surface area contributed by atoms with Gasteiger partial charge in [-0.05, 0) is 6.42 Å². The third kappa shape index (κ3) is 5.02. The Labute approximate surface area is 138 Å². The van der Waals surface area contributed by atoms with Crippen molar-refractivity contribution >= 4 is 12.3 Å². The van der Waals surface area contributed by atoms with Crippen LogP contribution in [0.5, 0.6) is 0 Å². The van der Waals surface area contributed by atoms with Gasteiger partial charge in [0.2, 0.25) is 6.41 Å². The van der Waals surface area contributed by atoms with Gasteiger partial charge < -0.3 is 20.6 Å². The molecule has 1 heterocycles. The lowest BCUT2D eigenvalue weighted by Gasteiger charge is -2.22. The zero-order valence-corrected chi connectivity index (χ0v) is 13.7. The fourth-order valence-corrected chi connectivity index (χ4v) is 2.20. The first-order chi connectivity index (χ1) is 11.3. The number of hydrogen-bond acceptors (Lipinski definition) is 5. The van der Waals surface area contributed by atoms with E-state index in [4.69, 9.17) is 5.11 Å². The van der Waals surface area contributed by atoms with E-state index in [1.165, 1.54) is 7.05 Å². The third-order valence-electron chi connectivity index (χ3n) is 3.55. The number of carbonyl (C=O) groups excluding carboxylic acids is 2. The molecule has 138 valence electrons. The summed E-state index contributed by atoms with van der Waals surface area (Å²) in [5.74, 6) is -0.932. The minimum absolute atomic E-state index is 0.0368. The Bertz CT molecular complexity index is 482. The van der Waals surface area contributed by atoms with Crippen molar-refractivity contribution in [3.63, 3.8) is 0 Å². The van der Waals surface area contributed by atoms with E-state index in [2.05, 4.69) is 10.6 Å². The lowest BCUT2D eigenvalue weighted by molar-refractivity contribution is -0.158. The highest BCUT2D eigenvalue weighted by Gasteiger charge is 2.46. The van der Waals surface area contributed by atoms with Crippen LogP contribution in [0.15, 0.2) is 11.5 Å². The molecule has 0 radical (unpaired) electrons. The van der Waals surface area contributed by atoms with Crippen LogP contribution in [0.4, 0.5) is 13.2 Å². The molecule has 0 aromatic rings. The normalized spacial score (nSPS) is 17.3. The summed E-state index contributed by atoms with van der Waals surface area (Å²) in [4.78, 5) is 25.7. The van der Waals surface area contributed by atoms with Crippen LogP contribution in [-0.4, -0.2) is 66.3 Å². The Morgan fingerprint density at radius 3 is 2.46 bits per heavy atom. The molecule has 2 amide bonds. The maximum absolute atomic E-state index is 13.0. The van der Waals surface area contributed by atoms with Crippen LogP contribution in [0, 0.1) is 0 Å². The summed E-state index contributed by atoms with van der Waals surface area (Å²) in [5, 5.41) is 13.1. The van der Waals surface area contributed by atoms with Gasteiger partial charge in [-0.1, -0.05) is 19.8 Å². The van der Waals surface area contributed by atoms with Gasteiger partial charge in [0.1, 0.15) is 11.5 Å². The molecule has 0 aromatic heterocycles. The molecule has 1 aliphatic rings. The Morgan fingerprint density at radius 2 is 1.96 bits per heavy atom. The van der Waals surface area contributed by atoms with Crippen molar-refractivity contribution in [3.8, 4) is 0 Å². The number of likely N-dealkylation sites (N-methyl/N-ethyl adjacent to an activating group) is 1. The van der Waals surface area contributed by atoms with Crippen LogP contribution in [0.25, 0.3) is 0 Å². The van der Waals surface area contributed by atoms with Crippen molar-refractivity contribution < 1.29 is 27.9 Å². The van der Waals surface area contributed by atoms with Gasteiger partial charge in [0.05, 0.1) is 6.61 Å². The van der Waals surface area contributed by atoms with E-state index in [1.54, 1.807) is 0 Å². The molecule has 0 spiro atoms. The molecule has 24 heavy (non-hydrogen) atoms. The molecule has 0 aromatic carbocycles. The lowest BCUT2D eigenvalue weighted by Crippen LogP contribution is -2.48. The first-order valence-electron chi connectivity index (χ1n) is 7.68. The Morgan fingerprint density at radius 1 is 1.29 bits per heavy atom. The number of carbonyl (C=O) groups is 2. The molecule has 0 saturated carbocycles. The average Bonchev–Trinajstić information content (AvgIpc) is 2.96. The third-order valence-corrected chi connectivity index (χ3v) is 3.55. The largest absolute Gasteiger partial charge is 0.427 e.